The van der Waals surface area contributed by atoms with Crippen molar-refractivity contribution in [3.63, 3.8) is 0 Å². The number of furan rings is 1. The van der Waals surface area contributed by atoms with Crippen molar-refractivity contribution < 1.29 is 28.2 Å². The number of morpholine rings is 1. The molecule has 1 fully saturated rings. The standard InChI is InChI=1S/C32H36N2O6/c1-2-37-31(35)19-25-7-3-4-9-29(25)39-21-27-22-40-32-28(27)17-26(24-8-5-6-23(16-24)20-33)18-30(32)38-15-12-34-10-13-36-14-11-34/h3-9,16-18,22H,2,10-15,19-21,33H2,1H3. The van der Waals surface area contributed by atoms with E-state index < -0.39 is 0 Å². The molecule has 0 bridgehead atoms. The van der Waals surface area contributed by atoms with Gasteiger partial charge in [-0.1, -0.05) is 36.4 Å². The number of carbonyl (C=O) groups excluding carboxylic acids is 1. The Morgan fingerprint density at radius 3 is 2.62 bits per heavy atom. The molecule has 0 saturated carbocycles. The van der Waals surface area contributed by atoms with Crippen LogP contribution < -0.4 is 15.2 Å². The minimum absolute atomic E-state index is 0.152. The molecule has 210 valence electrons. The Kier molecular flexibility index (Phi) is 9.34. The van der Waals surface area contributed by atoms with Crippen LogP contribution in [0, 0.1) is 0 Å². The van der Waals surface area contributed by atoms with Crippen LogP contribution in [0.5, 0.6) is 11.5 Å². The molecular formula is C32H36N2O6. The lowest BCUT2D eigenvalue weighted by molar-refractivity contribution is -0.142. The fourth-order valence-corrected chi connectivity index (χ4v) is 4.84. The van der Waals surface area contributed by atoms with Gasteiger partial charge in [-0.3, -0.25) is 9.69 Å². The summed E-state index contributed by atoms with van der Waals surface area (Å²) in [6.07, 6.45) is 1.87. The number of fused-ring (bicyclic) bond motifs is 1. The summed E-state index contributed by atoms with van der Waals surface area (Å²) in [6, 6.07) is 19.8. The van der Waals surface area contributed by atoms with E-state index in [-0.39, 0.29) is 19.0 Å². The van der Waals surface area contributed by atoms with Gasteiger partial charge in [0.1, 0.15) is 19.0 Å². The van der Waals surface area contributed by atoms with Crippen molar-refractivity contribution in [3.05, 3.63) is 83.6 Å². The van der Waals surface area contributed by atoms with Crippen LogP contribution in [0.15, 0.2) is 71.3 Å². The van der Waals surface area contributed by atoms with E-state index in [9.17, 15) is 4.79 Å². The number of nitrogens with two attached hydrogens (primary N) is 1. The summed E-state index contributed by atoms with van der Waals surface area (Å²) in [7, 11) is 0. The zero-order valence-electron chi connectivity index (χ0n) is 22.9. The van der Waals surface area contributed by atoms with E-state index in [2.05, 4.69) is 23.1 Å². The average molecular weight is 545 g/mol. The highest BCUT2D eigenvalue weighted by molar-refractivity contribution is 5.91. The van der Waals surface area contributed by atoms with Crippen molar-refractivity contribution in [2.24, 2.45) is 5.73 Å². The van der Waals surface area contributed by atoms with E-state index in [1.807, 2.05) is 42.5 Å². The number of esters is 1. The Bertz CT molecular complexity index is 1430. The van der Waals surface area contributed by atoms with Gasteiger partial charge in [-0.2, -0.15) is 0 Å². The smallest absolute Gasteiger partial charge is 0.310 e. The third kappa shape index (κ3) is 6.83. The number of benzene rings is 3. The maximum absolute atomic E-state index is 12.1. The second kappa shape index (κ2) is 13.5. The van der Waals surface area contributed by atoms with E-state index >= 15 is 0 Å². The predicted molar refractivity (Wildman–Crippen MR) is 153 cm³/mol. The van der Waals surface area contributed by atoms with Crippen LogP contribution in [0.2, 0.25) is 0 Å². The lowest BCUT2D eigenvalue weighted by Crippen LogP contribution is -2.38. The molecule has 3 aromatic carbocycles. The van der Waals surface area contributed by atoms with Crippen molar-refractivity contribution in [1.82, 2.24) is 4.90 Å². The third-order valence-electron chi connectivity index (χ3n) is 6.98. The summed E-state index contributed by atoms with van der Waals surface area (Å²) in [5, 5.41) is 0.917. The molecule has 0 amide bonds. The highest BCUT2D eigenvalue weighted by Gasteiger charge is 2.17. The van der Waals surface area contributed by atoms with Crippen LogP contribution in [-0.2, 0) is 33.8 Å². The first-order valence-corrected chi connectivity index (χ1v) is 13.8. The van der Waals surface area contributed by atoms with Gasteiger partial charge in [0, 0.05) is 42.7 Å². The summed E-state index contributed by atoms with van der Waals surface area (Å²) in [5.74, 6) is 1.04. The van der Waals surface area contributed by atoms with E-state index in [1.54, 1.807) is 13.2 Å². The SMILES string of the molecule is CCOC(=O)Cc1ccccc1OCc1coc2c(OCCN3CCOCC3)cc(-c3cccc(CN)c3)cc12. The Hall–Kier alpha value is -3.85. The van der Waals surface area contributed by atoms with Gasteiger partial charge in [0.15, 0.2) is 11.3 Å². The summed E-state index contributed by atoms with van der Waals surface area (Å²) < 4.78 is 29.1. The van der Waals surface area contributed by atoms with Crippen molar-refractivity contribution in [1.29, 1.82) is 0 Å². The molecule has 4 aromatic rings. The average Bonchev–Trinajstić information content (AvgIpc) is 3.40. The molecule has 0 atom stereocenters. The number of rotatable bonds is 12. The zero-order chi connectivity index (χ0) is 27.7. The van der Waals surface area contributed by atoms with Crippen LogP contribution in [0.3, 0.4) is 0 Å². The van der Waals surface area contributed by atoms with Crippen molar-refractivity contribution in [3.8, 4) is 22.6 Å². The van der Waals surface area contributed by atoms with Gasteiger partial charge in [-0.05, 0) is 47.9 Å². The second-order valence-corrected chi connectivity index (χ2v) is 9.70. The molecule has 8 heteroatoms. The van der Waals surface area contributed by atoms with Crippen LogP contribution >= 0.6 is 0 Å². The molecule has 2 N–H and O–H groups in total. The molecule has 8 nitrogen and oxygen atoms in total. The molecule has 1 aliphatic rings. The maximum Gasteiger partial charge on any atom is 0.310 e. The van der Waals surface area contributed by atoms with Gasteiger partial charge < -0.3 is 29.1 Å². The number of nitrogens with zero attached hydrogens (tertiary/aromatic N) is 1. The molecule has 40 heavy (non-hydrogen) atoms. The molecule has 1 saturated heterocycles. The summed E-state index contributed by atoms with van der Waals surface area (Å²) in [5.41, 5.74) is 11.4. The highest BCUT2D eigenvalue weighted by Crippen LogP contribution is 2.36. The fraction of sp³-hybridized carbons (Fsp3) is 0.344. The molecule has 1 aliphatic heterocycles. The van der Waals surface area contributed by atoms with Crippen molar-refractivity contribution in [2.45, 2.75) is 26.5 Å². The molecule has 0 spiro atoms. The van der Waals surface area contributed by atoms with Gasteiger partial charge in [-0.15, -0.1) is 0 Å². The Labute approximate surface area is 234 Å². The van der Waals surface area contributed by atoms with E-state index in [4.69, 9.17) is 29.1 Å². The number of hydrogen-bond donors (Lipinski definition) is 1. The molecule has 0 unspecified atom stereocenters. The molecule has 1 aromatic heterocycles. The van der Waals surface area contributed by atoms with Crippen LogP contribution in [0.4, 0.5) is 0 Å². The normalized spacial score (nSPS) is 13.8. The van der Waals surface area contributed by atoms with E-state index in [0.717, 1.165) is 66.1 Å². The minimum atomic E-state index is -0.282. The number of carbonyl (C=O) groups is 1. The van der Waals surface area contributed by atoms with Crippen LogP contribution in [-0.4, -0.2) is 56.9 Å². The lowest BCUT2D eigenvalue weighted by atomic mass is 10.00. The quantitative estimate of drug-likeness (QED) is 0.250. The van der Waals surface area contributed by atoms with Gasteiger partial charge in [0.2, 0.25) is 0 Å². The monoisotopic (exact) mass is 544 g/mol. The number of hydrogen-bond acceptors (Lipinski definition) is 8. The summed E-state index contributed by atoms with van der Waals surface area (Å²) >= 11 is 0. The first-order valence-electron chi connectivity index (χ1n) is 13.8. The first kappa shape index (κ1) is 27.7. The van der Waals surface area contributed by atoms with Gasteiger partial charge in [0.05, 0.1) is 32.5 Å². The van der Waals surface area contributed by atoms with E-state index in [0.29, 0.717) is 36.8 Å². The molecule has 2 heterocycles. The summed E-state index contributed by atoms with van der Waals surface area (Å²) in [6.45, 7) is 7.54. The Balaban J connectivity index is 1.41. The van der Waals surface area contributed by atoms with Crippen molar-refractivity contribution in [2.75, 3.05) is 46.1 Å². The van der Waals surface area contributed by atoms with Crippen LogP contribution in [0.1, 0.15) is 23.6 Å². The van der Waals surface area contributed by atoms with Gasteiger partial charge in [-0.25, -0.2) is 0 Å². The topological polar surface area (TPSA) is 96.4 Å². The second-order valence-electron chi connectivity index (χ2n) is 9.70. The van der Waals surface area contributed by atoms with Crippen molar-refractivity contribution >= 4 is 16.9 Å². The predicted octanol–water partition coefficient (Wildman–Crippen LogP) is 4.95. The maximum atomic E-state index is 12.1. The third-order valence-corrected chi connectivity index (χ3v) is 6.98. The highest BCUT2D eigenvalue weighted by atomic mass is 16.5. The Morgan fingerprint density at radius 2 is 1.80 bits per heavy atom. The number of para-hydroxylation sites is 1. The molecular weight excluding hydrogens is 508 g/mol. The zero-order valence-corrected chi connectivity index (χ0v) is 22.9. The lowest BCUT2D eigenvalue weighted by Gasteiger charge is -2.26. The first-order chi connectivity index (χ1) is 19.6. The Morgan fingerprint density at radius 1 is 0.950 bits per heavy atom. The fourth-order valence-electron chi connectivity index (χ4n) is 4.84. The van der Waals surface area contributed by atoms with Crippen LogP contribution in [0.25, 0.3) is 22.1 Å². The number of ether oxygens (including phenoxy) is 4. The molecule has 0 aliphatic carbocycles. The van der Waals surface area contributed by atoms with E-state index in [1.165, 1.54) is 0 Å². The van der Waals surface area contributed by atoms with Gasteiger partial charge in [0.25, 0.3) is 0 Å². The minimum Gasteiger partial charge on any atom is -0.488 e. The molecule has 0 radical (unpaired) electrons. The largest absolute Gasteiger partial charge is 0.488 e. The summed E-state index contributed by atoms with van der Waals surface area (Å²) in [4.78, 5) is 14.4. The van der Waals surface area contributed by atoms with Gasteiger partial charge >= 0.3 is 5.97 Å². The molecule has 5 rings (SSSR count).